The first-order valence-electron chi connectivity index (χ1n) is 9.64. The third-order valence-corrected chi connectivity index (χ3v) is 4.92. The first-order valence-corrected chi connectivity index (χ1v) is 9.64. The lowest BCUT2D eigenvalue weighted by Gasteiger charge is -2.26. The molecule has 0 spiro atoms. The van der Waals surface area contributed by atoms with Gasteiger partial charge in [0.25, 0.3) is 0 Å². The number of hydrogen-bond donors (Lipinski definition) is 0. The van der Waals surface area contributed by atoms with E-state index in [2.05, 4.69) is 24.0 Å². The van der Waals surface area contributed by atoms with Crippen molar-refractivity contribution in [2.45, 2.75) is 71.1 Å². The molecule has 0 saturated carbocycles. The molecule has 2 nitrogen and oxygen atoms in total. The van der Waals surface area contributed by atoms with Crippen molar-refractivity contribution in [3.63, 3.8) is 0 Å². The largest absolute Gasteiger partial charge is 0.303 e. The molecule has 0 unspecified atom stereocenters. The molecule has 0 amide bonds. The highest BCUT2D eigenvalue weighted by Crippen LogP contribution is 2.13. The second-order valence-corrected chi connectivity index (χ2v) is 6.94. The number of carbonyl (C=O) groups excluding carboxylic acids is 1. The number of ketones is 1. The van der Waals surface area contributed by atoms with E-state index in [9.17, 15) is 4.79 Å². The summed E-state index contributed by atoms with van der Waals surface area (Å²) in [5.41, 5.74) is 2.24. The predicted molar refractivity (Wildman–Crippen MR) is 98.1 cm³/mol. The summed E-state index contributed by atoms with van der Waals surface area (Å²) in [5.74, 6) is 0.310. The van der Waals surface area contributed by atoms with Crippen molar-refractivity contribution in [3.8, 4) is 0 Å². The van der Waals surface area contributed by atoms with Crippen LogP contribution in [0.2, 0.25) is 0 Å². The van der Waals surface area contributed by atoms with Crippen LogP contribution >= 0.6 is 0 Å². The molecule has 1 heterocycles. The van der Waals surface area contributed by atoms with Gasteiger partial charge in [-0.15, -0.1) is 0 Å². The van der Waals surface area contributed by atoms with Crippen LogP contribution in [-0.2, 0) is 6.42 Å². The van der Waals surface area contributed by atoms with E-state index in [0.717, 1.165) is 18.4 Å². The fourth-order valence-electron chi connectivity index (χ4n) is 3.36. The average Bonchev–Trinajstić information content (AvgIpc) is 2.61. The third kappa shape index (κ3) is 6.87. The topological polar surface area (TPSA) is 20.3 Å². The number of piperidine rings is 1. The fraction of sp³-hybridized carbons (Fsp3) is 0.667. The summed E-state index contributed by atoms with van der Waals surface area (Å²) in [6.07, 6.45) is 11.9. The Hall–Kier alpha value is -1.15. The number of unbranched alkanes of at least 4 members (excludes halogenated alkanes) is 3. The number of Topliss-reactive ketones (excluding diaryl/α,β-unsaturated/α-hetero) is 1. The molecule has 0 aromatic heterocycles. The molecule has 1 aromatic rings. The maximum atomic E-state index is 12.2. The first-order chi connectivity index (χ1) is 11.3. The quantitative estimate of drug-likeness (QED) is 0.434. The van der Waals surface area contributed by atoms with E-state index in [0.29, 0.717) is 12.2 Å². The van der Waals surface area contributed by atoms with Crippen LogP contribution in [0.4, 0.5) is 0 Å². The Labute approximate surface area is 142 Å². The number of carbonyl (C=O) groups is 1. The minimum Gasteiger partial charge on any atom is -0.303 e. The van der Waals surface area contributed by atoms with E-state index < -0.39 is 0 Å². The van der Waals surface area contributed by atoms with E-state index in [-0.39, 0.29) is 0 Å². The predicted octanol–water partition coefficient (Wildman–Crippen LogP) is 5.26. The SMILES string of the molecule is CCCCc1ccc(C(=O)CCCCCN2CCCCC2)cc1. The zero-order chi connectivity index (χ0) is 16.3. The van der Waals surface area contributed by atoms with Crippen molar-refractivity contribution in [1.82, 2.24) is 4.90 Å². The van der Waals surface area contributed by atoms with E-state index in [1.54, 1.807) is 0 Å². The van der Waals surface area contributed by atoms with Gasteiger partial charge in [-0.05, 0) is 63.7 Å². The third-order valence-electron chi connectivity index (χ3n) is 4.92. The standard InChI is InChI=1S/C21H33NO/c1-2-3-10-19-12-14-20(15-13-19)21(23)11-6-4-7-16-22-17-8-5-9-18-22/h12-15H,2-11,16-18H2,1H3. The van der Waals surface area contributed by atoms with Gasteiger partial charge in [0.2, 0.25) is 0 Å². The minimum atomic E-state index is 0.310. The van der Waals surface area contributed by atoms with Crippen LogP contribution in [0.3, 0.4) is 0 Å². The Balaban J connectivity index is 1.60. The lowest BCUT2D eigenvalue weighted by Crippen LogP contribution is -2.30. The molecule has 2 heteroatoms. The van der Waals surface area contributed by atoms with Gasteiger partial charge in [0, 0.05) is 12.0 Å². The number of aryl methyl sites for hydroxylation is 1. The molecule has 1 aromatic carbocycles. The molecule has 1 saturated heterocycles. The van der Waals surface area contributed by atoms with Crippen molar-refractivity contribution < 1.29 is 4.79 Å². The molecule has 0 bridgehead atoms. The highest BCUT2D eigenvalue weighted by molar-refractivity contribution is 5.96. The Bertz CT molecular complexity index is 445. The molecule has 0 aliphatic carbocycles. The molecule has 0 radical (unpaired) electrons. The molecule has 23 heavy (non-hydrogen) atoms. The summed E-state index contributed by atoms with van der Waals surface area (Å²) in [6, 6.07) is 8.28. The van der Waals surface area contributed by atoms with Crippen LogP contribution in [0.15, 0.2) is 24.3 Å². The number of likely N-dealkylation sites (tertiary alicyclic amines) is 1. The summed E-state index contributed by atoms with van der Waals surface area (Å²) in [4.78, 5) is 14.8. The van der Waals surface area contributed by atoms with E-state index >= 15 is 0 Å². The molecule has 0 N–H and O–H groups in total. The zero-order valence-electron chi connectivity index (χ0n) is 14.9. The summed E-state index contributed by atoms with van der Waals surface area (Å²) in [6.45, 7) is 6.00. The van der Waals surface area contributed by atoms with Crippen LogP contribution in [0, 0.1) is 0 Å². The summed E-state index contributed by atoms with van der Waals surface area (Å²) >= 11 is 0. The van der Waals surface area contributed by atoms with Gasteiger partial charge in [0.15, 0.2) is 5.78 Å². The zero-order valence-corrected chi connectivity index (χ0v) is 14.9. The lowest BCUT2D eigenvalue weighted by molar-refractivity contribution is 0.0978. The molecular weight excluding hydrogens is 282 g/mol. The van der Waals surface area contributed by atoms with Crippen LogP contribution < -0.4 is 0 Å². The summed E-state index contributed by atoms with van der Waals surface area (Å²) < 4.78 is 0. The van der Waals surface area contributed by atoms with Gasteiger partial charge in [-0.3, -0.25) is 4.79 Å². The summed E-state index contributed by atoms with van der Waals surface area (Å²) in [7, 11) is 0. The number of benzene rings is 1. The van der Waals surface area contributed by atoms with Crippen molar-refractivity contribution in [1.29, 1.82) is 0 Å². The molecule has 0 atom stereocenters. The summed E-state index contributed by atoms with van der Waals surface area (Å²) in [5, 5.41) is 0. The van der Waals surface area contributed by atoms with Crippen LogP contribution in [0.25, 0.3) is 0 Å². The second kappa shape index (κ2) is 10.6. The molecular formula is C21H33NO. The highest BCUT2D eigenvalue weighted by atomic mass is 16.1. The smallest absolute Gasteiger partial charge is 0.162 e. The molecule has 2 rings (SSSR count). The average molecular weight is 316 g/mol. The van der Waals surface area contributed by atoms with Gasteiger partial charge in [0.1, 0.15) is 0 Å². The Kier molecular flexibility index (Phi) is 8.38. The maximum absolute atomic E-state index is 12.2. The normalized spacial score (nSPS) is 15.7. The lowest BCUT2D eigenvalue weighted by atomic mass is 10.0. The van der Waals surface area contributed by atoms with Gasteiger partial charge in [-0.2, -0.15) is 0 Å². The van der Waals surface area contributed by atoms with Crippen molar-refractivity contribution in [2.75, 3.05) is 19.6 Å². The fourth-order valence-corrected chi connectivity index (χ4v) is 3.36. The number of rotatable bonds is 10. The highest BCUT2D eigenvalue weighted by Gasteiger charge is 2.09. The van der Waals surface area contributed by atoms with Crippen molar-refractivity contribution >= 4 is 5.78 Å². The molecule has 1 aliphatic heterocycles. The molecule has 1 aliphatic rings. The van der Waals surface area contributed by atoms with Gasteiger partial charge in [0.05, 0.1) is 0 Å². The number of nitrogens with zero attached hydrogens (tertiary/aromatic N) is 1. The minimum absolute atomic E-state index is 0.310. The second-order valence-electron chi connectivity index (χ2n) is 6.94. The monoisotopic (exact) mass is 315 g/mol. The Morgan fingerprint density at radius 1 is 0.957 bits per heavy atom. The number of hydrogen-bond acceptors (Lipinski definition) is 2. The maximum Gasteiger partial charge on any atom is 0.162 e. The van der Waals surface area contributed by atoms with E-state index in [1.165, 1.54) is 70.1 Å². The first kappa shape index (κ1) is 18.2. The van der Waals surface area contributed by atoms with Crippen molar-refractivity contribution in [3.05, 3.63) is 35.4 Å². The Morgan fingerprint density at radius 3 is 2.39 bits per heavy atom. The van der Waals surface area contributed by atoms with Gasteiger partial charge in [-0.25, -0.2) is 0 Å². The van der Waals surface area contributed by atoms with Gasteiger partial charge < -0.3 is 4.90 Å². The van der Waals surface area contributed by atoms with Gasteiger partial charge in [-0.1, -0.05) is 50.5 Å². The van der Waals surface area contributed by atoms with Gasteiger partial charge >= 0.3 is 0 Å². The van der Waals surface area contributed by atoms with Crippen molar-refractivity contribution in [2.24, 2.45) is 0 Å². The van der Waals surface area contributed by atoms with Crippen LogP contribution in [-0.4, -0.2) is 30.3 Å². The molecule has 128 valence electrons. The molecule has 1 fully saturated rings. The van der Waals surface area contributed by atoms with E-state index in [1.807, 2.05) is 12.1 Å². The van der Waals surface area contributed by atoms with E-state index in [4.69, 9.17) is 0 Å². The Morgan fingerprint density at radius 2 is 1.70 bits per heavy atom. The van der Waals surface area contributed by atoms with Crippen LogP contribution in [0.1, 0.15) is 80.6 Å². The van der Waals surface area contributed by atoms with Crippen LogP contribution in [0.5, 0.6) is 0 Å².